The van der Waals surface area contributed by atoms with Crippen molar-refractivity contribution in [3.05, 3.63) is 40.6 Å². The Bertz CT molecular complexity index is 364. The summed E-state index contributed by atoms with van der Waals surface area (Å²) >= 11 is 0. The molecule has 0 heterocycles. The van der Waals surface area contributed by atoms with Crippen molar-refractivity contribution in [1.29, 1.82) is 0 Å². The van der Waals surface area contributed by atoms with Gasteiger partial charge < -0.3 is 4.72 Å². The number of benzene rings is 1. The van der Waals surface area contributed by atoms with Crippen molar-refractivity contribution in [2.45, 2.75) is 13.0 Å². The van der Waals surface area contributed by atoms with Gasteiger partial charge in [0.25, 0.3) is 0 Å². The quantitative estimate of drug-likeness (QED) is 0.620. The fourth-order valence-electron chi connectivity index (χ4n) is 1.08. The third kappa shape index (κ3) is 5.12. The summed E-state index contributed by atoms with van der Waals surface area (Å²) in [7, 11) is -3.25. The Balaban J connectivity index is 0.00000169. The zero-order valence-corrected chi connectivity index (χ0v) is 11.5. The number of sulfonamides is 1. The van der Waals surface area contributed by atoms with E-state index in [1.807, 2.05) is 30.3 Å². The molecule has 0 unspecified atom stereocenters. The van der Waals surface area contributed by atoms with Crippen LogP contribution < -0.4 is 29.6 Å². The van der Waals surface area contributed by atoms with E-state index >= 15 is 0 Å². The second-order valence-electron chi connectivity index (χ2n) is 2.93. The fraction of sp³-hybridized carbons (Fsp3) is 0.333. The van der Waals surface area contributed by atoms with Crippen LogP contribution in [-0.2, 0) is 10.0 Å². The molecule has 0 N–H and O–H groups in total. The summed E-state index contributed by atoms with van der Waals surface area (Å²) in [4.78, 5) is 0. The molecule has 1 aromatic carbocycles. The molecule has 0 aromatic heterocycles. The predicted molar refractivity (Wildman–Crippen MR) is 53.1 cm³/mol. The molecule has 0 aliphatic carbocycles. The minimum atomic E-state index is -3.25. The maximum Gasteiger partial charge on any atom is 1.00 e. The summed E-state index contributed by atoms with van der Waals surface area (Å²) in [5.74, 6) is 0. The van der Waals surface area contributed by atoms with Gasteiger partial charge in [-0.1, -0.05) is 42.8 Å². The molecule has 1 aromatic rings. The standard InChI is InChI=1S/C9H12NO2S.Na/c1-8(10-13(2,11)12)9-6-4-3-5-7-9;/h3-8H,1-2H3;/q-1;+1/t8-;/m0./s1. The molecule has 0 radical (unpaired) electrons. The summed E-state index contributed by atoms with van der Waals surface area (Å²) < 4.78 is 25.3. The Hall–Kier alpha value is 0.130. The van der Waals surface area contributed by atoms with E-state index in [0.29, 0.717) is 0 Å². The molecule has 5 heteroatoms. The zero-order valence-electron chi connectivity index (χ0n) is 8.64. The van der Waals surface area contributed by atoms with E-state index in [9.17, 15) is 8.42 Å². The topological polar surface area (TPSA) is 48.2 Å². The minimum Gasteiger partial charge on any atom is -0.543 e. The van der Waals surface area contributed by atoms with Gasteiger partial charge in [-0.15, -0.1) is 6.04 Å². The van der Waals surface area contributed by atoms with E-state index in [2.05, 4.69) is 4.72 Å². The van der Waals surface area contributed by atoms with Crippen molar-refractivity contribution in [3.63, 3.8) is 0 Å². The van der Waals surface area contributed by atoms with Crippen molar-refractivity contribution >= 4 is 10.0 Å². The minimum absolute atomic E-state index is 0. The monoisotopic (exact) mass is 221 g/mol. The summed E-state index contributed by atoms with van der Waals surface area (Å²) in [6.07, 6.45) is 1.10. The van der Waals surface area contributed by atoms with E-state index in [-0.39, 0.29) is 35.6 Å². The predicted octanol–water partition coefficient (Wildman–Crippen LogP) is -0.915. The molecule has 0 amide bonds. The maximum absolute atomic E-state index is 10.8. The van der Waals surface area contributed by atoms with Crippen molar-refractivity contribution < 1.29 is 38.0 Å². The van der Waals surface area contributed by atoms with Gasteiger partial charge in [0, 0.05) is 6.26 Å². The Labute approximate surface area is 107 Å². The van der Waals surface area contributed by atoms with Crippen molar-refractivity contribution in [1.82, 2.24) is 0 Å². The van der Waals surface area contributed by atoms with Crippen molar-refractivity contribution in [2.24, 2.45) is 0 Å². The van der Waals surface area contributed by atoms with Crippen LogP contribution in [-0.4, -0.2) is 14.7 Å². The SMILES string of the molecule is C[C@H]([N-]S(C)(=O)=O)c1ccccc1.[Na+]. The van der Waals surface area contributed by atoms with E-state index in [1.165, 1.54) is 0 Å². The van der Waals surface area contributed by atoms with Crippen LogP contribution in [0.3, 0.4) is 0 Å². The van der Waals surface area contributed by atoms with Gasteiger partial charge in [-0.2, -0.15) is 0 Å². The fourth-order valence-corrected chi connectivity index (χ4v) is 1.78. The Kier molecular flexibility index (Phi) is 5.93. The molecular weight excluding hydrogens is 209 g/mol. The maximum atomic E-state index is 10.8. The number of rotatable bonds is 3. The largest absolute Gasteiger partial charge is 1.00 e. The Morgan fingerprint density at radius 3 is 2.14 bits per heavy atom. The molecular formula is C9H12NNaO2S. The van der Waals surface area contributed by atoms with Crippen LogP contribution in [0, 0.1) is 0 Å². The number of nitrogens with zero attached hydrogens (tertiary/aromatic N) is 1. The van der Waals surface area contributed by atoms with Crippen molar-refractivity contribution in [3.8, 4) is 0 Å². The van der Waals surface area contributed by atoms with Gasteiger partial charge in [0.2, 0.25) is 0 Å². The van der Waals surface area contributed by atoms with Gasteiger partial charge in [-0.3, -0.25) is 0 Å². The summed E-state index contributed by atoms with van der Waals surface area (Å²) in [6.45, 7) is 1.76. The van der Waals surface area contributed by atoms with Gasteiger partial charge in [-0.25, -0.2) is 8.42 Å². The first kappa shape index (κ1) is 14.1. The first-order valence-corrected chi connectivity index (χ1v) is 5.81. The molecule has 1 rings (SSSR count). The summed E-state index contributed by atoms with van der Waals surface area (Å²) in [5, 5.41) is 0. The van der Waals surface area contributed by atoms with E-state index in [4.69, 9.17) is 0 Å². The average molecular weight is 221 g/mol. The smallest absolute Gasteiger partial charge is 0.543 e. The molecule has 0 aliphatic rings. The Morgan fingerprint density at radius 2 is 1.71 bits per heavy atom. The van der Waals surface area contributed by atoms with Crippen LogP contribution in [0.15, 0.2) is 30.3 Å². The third-order valence-electron chi connectivity index (χ3n) is 1.63. The van der Waals surface area contributed by atoms with Crippen LogP contribution in [0.25, 0.3) is 4.72 Å². The van der Waals surface area contributed by atoms with Crippen LogP contribution in [0.4, 0.5) is 0 Å². The normalized spacial score (nSPS) is 13.0. The van der Waals surface area contributed by atoms with Gasteiger partial charge in [0.15, 0.2) is 0 Å². The molecule has 0 aliphatic heterocycles. The summed E-state index contributed by atoms with van der Waals surface area (Å²) in [5.41, 5.74) is 0.910. The van der Waals surface area contributed by atoms with Gasteiger partial charge in [0.1, 0.15) is 0 Å². The first-order chi connectivity index (χ1) is 5.99. The number of hydrogen-bond acceptors (Lipinski definition) is 2. The van der Waals surface area contributed by atoms with Gasteiger partial charge in [0.05, 0.1) is 10.0 Å². The molecule has 72 valence electrons. The molecule has 0 saturated carbocycles. The second kappa shape index (κ2) is 5.88. The number of hydrogen-bond donors (Lipinski definition) is 0. The van der Waals surface area contributed by atoms with E-state index in [0.717, 1.165) is 11.8 Å². The van der Waals surface area contributed by atoms with Crippen LogP contribution in [0.2, 0.25) is 0 Å². The van der Waals surface area contributed by atoms with Gasteiger partial charge >= 0.3 is 29.6 Å². The first-order valence-electron chi connectivity index (χ1n) is 3.96. The second-order valence-corrected chi connectivity index (χ2v) is 4.60. The molecule has 0 saturated heterocycles. The van der Waals surface area contributed by atoms with Gasteiger partial charge in [-0.05, 0) is 0 Å². The van der Waals surface area contributed by atoms with E-state index in [1.54, 1.807) is 6.92 Å². The molecule has 0 fully saturated rings. The molecule has 0 spiro atoms. The molecule has 3 nitrogen and oxygen atoms in total. The zero-order chi connectivity index (χ0) is 9.90. The van der Waals surface area contributed by atoms with Crippen LogP contribution >= 0.6 is 0 Å². The molecule has 0 bridgehead atoms. The molecule has 14 heavy (non-hydrogen) atoms. The average Bonchev–Trinajstić information content (AvgIpc) is 2.03. The van der Waals surface area contributed by atoms with Crippen LogP contribution in [0.1, 0.15) is 18.5 Å². The van der Waals surface area contributed by atoms with E-state index < -0.39 is 10.0 Å². The Morgan fingerprint density at radius 1 is 1.21 bits per heavy atom. The third-order valence-corrected chi connectivity index (χ3v) is 2.33. The molecule has 1 atom stereocenters. The van der Waals surface area contributed by atoms with Crippen molar-refractivity contribution in [2.75, 3.05) is 6.26 Å². The van der Waals surface area contributed by atoms with Crippen LogP contribution in [0.5, 0.6) is 0 Å². The summed E-state index contributed by atoms with van der Waals surface area (Å²) in [6, 6.07) is 9.04.